The molecule has 1 aromatic rings. The van der Waals surface area contributed by atoms with Crippen molar-refractivity contribution in [2.24, 2.45) is 5.92 Å². The maximum atomic E-state index is 13.1. The van der Waals surface area contributed by atoms with Gasteiger partial charge in [0, 0.05) is 11.6 Å². The van der Waals surface area contributed by atoms with Crippen molar-refractivity contribution in [1.82, 2.24) is 5.32 Å². The second kappa shape index (κ2) is 7.10. The Morgan fingerprint density at radius 3 is 2.78 bits per heavy atom. The third kappa shape index (κ3) is 4.25. The molecule has 0 atom stereocenters. The molecule has 0 amide bonds. The highest BCUT2D eigenvalue weighted by Gasteiger charge is 2.12. The van der Waals surface area contributed by atoms with E-state index in [1.54, 1.807) is 6.07 Å². The zero-order valence-corrected chi connectivity index (χ0v) is 11.5. The van der Waals surface area contributed by atoms with Crippen LogP contribution in [0.1, 0.15) is 44.1 Å². The fourth-order valence-corrected chi connectivity index (χ4v) is 2.87. The van der Waals surface area contributed by atoms with Gasteiger partial charge >= 0.3 is 0 Å². The molecular formula is C15H21ClFN. The summed E-state index contributed by atoms with van der Waals surface area (Å²) in [6.07, 6.45) is 8.17. The molecule has 0 spiro atoms. The lowest BCUT2D eigenvalue weighted by Crippen LogP contribution is -2.19. The maximum Gasteiger partial charge on any atom is 0.123 e. The lowest BCUT2D eigenvalue weighted by Gasteiger charge is -2.21. The molecule has 1 saturated carbocycles. The Kier molecular flexibility index (Phi) is 5.45. The first-order chi connectivity index (χ1) is 8.75. The molecule has 0 aliphatic heterocycles. The Hall–Kier alpha value is -0.600. The first kappa shape index (κ1) is 13.8. The highest BCUT2D eigenvalue weighted by Crippen LogP contribution is 2.25. The van der Waals surface area contributed by atoms with Gasteiger partial charge < -0.3 is 5.32 Å². The Balaban J connectivity index is 1.69. The van der Waals surface area contributed by atoms with Crippen molar-refractivity contribution < 1.29 is 4.39 Å². The van der Waals surface area contributed by atoms with Crippen molar-refractivity contribution >= 4 is 11.6 Å². The Morgan fingerprint density at radius 2 is 2.00 bits per heavy atom. The lowest BCUT2D eigenvalue weighted by molar-refractivity contribution is 0.334. The third-order valence-electron chi connectivity index (χ3n) is 3.78. The van der Waals surface area contributed by atoms with Crippen LogP contribution in [0.5, 0.6) is 0 Å². The van der Waals surface area contributed by atoms with E-state index in [4.69, 9.17) is 11.6 Å². The summed E-state index contributed by atoms with van der Waals surface area (Å²) in [4.78, 5) is 0. The number of hydrogen-bond donors (Lipinski definition) is 1. The van der Waals surface area contributed by atoms with Crippen molar-refractivity contribution in [3.05, 3.63) is 34.6 Å². The zero-order valence-electron chi connectivity index (χ0n) is 10.7. The normalized spacial score (nSPS) is 17.0. The lowest BCUT2D eigenvalue weighted by atomic mass is 9.87. The van der Waals surface area contributed by atoms with Crippen molar-refractivity contribution in [2.45, 2.75) is 45.1 Å². The Morgan fingerprint density at radius 1 is 1.22 bits per heavy atom. The molecule has 1 nitrogen and oxygen atoms in total. The second-order valence-corrected chi connectivity index (χ2v) is 5.61. The highest BCUT2D eigenvalue weighted by atomic mass is 35.5. The number of hydrogen-bond acceptors (Lipinski definition) is 1. The molecule has 0 bridgehead atoms. The van der Waals surface area contributed by atoms with Gasteiger partial charge in [0.15, 0.2) is 0 Å². The second-order valence-electron chi connectivity index (χ2n) is 5.21. The molecule has 1 aliphatic rings. The van der Waals surface area contributed by atoms with Crippen LogP contribution in [-0.2, 0) is 6.54 Å². The number of benzene rings is 1. The van der Waals surface area contributed by atoms with Crippen LogP contribution in [0.25, 0.3) is 0 Å². The first-order valence-electron chi connectivity index (χ1n) is 6.90. The first-order valence-corrected chi connectivity index (χ1v) is 7.28. The van der Waals surface area contributed by atoms with Crippen LogP contribution in [-0.4, -0.2) is 6.54 Å². The van der Waals surface area contributed by atoms with E-state index < -0.39 is 0 Å². The van der Waals surface area contributed by atoms with Crippen LogP contribution in [0.3, 0.4) is 0 Å². The Bertz CT molecular complexity index is 375. The fourth-order valence-electron chi connectivity index (χ4n) is 2.68. The standard InChI is InChI=1S/C15H21ClFN/c16-15-7-6-14(17)10-13(15)11-18-9-8-12-4-2-1-3-5-12/h6-7,10,12,18H,1-5,8-9,11H2. The highest BCUT2D eigenvalue weighted by molar-refractivity contribution is 6.31. The van der Waals surface area contributed by atoms with E-state index in [0.717, 1.165) is 18.0 Å². The van der Waals surface area contributed by atoms with Gasteiger partial charge in [-0.05, 0) is 42.6 Å². The summed E-state index contributed by atoms with van der Waals surface area (Å²) >= 11 is 6.02. The fraction of sp³-hybridized carbons (Fsp3) is 0.600. The van der Waals surface area contributed by atoms with Crippen molar-refractivity contribution in [3.63, 3.8) is 0 Å². The van der Waals surface area contributed by atoms with E-state index in [0.29, 0.717) is 11.6 Å². The van der Waals surface area contributed by atoms with Gasteiger partial charge in [0.25, 0.3) is 0 Å². The van der Waals surface area contributed by atoms with Crippen LogP contribution < -0.4 is 5.32 Å². The summed E-state index contributed by atoms with van der Waals surface area (Å²) in [7, 11) is 0. The largest absolute Gasteiger partial charge is 0.313 e. The molecule has 100 valence electrons. The Labute approximate surface area is 114 Å². The van der Waals surface area contributed by atoms with Gasteiger partial charge in [0.05, 0.1) is 0 Å². The van der Waals surface area contributed by atoms with Crippen molar-refractivity contribution in [2.75, 3.05) is 6.54 Å². The van der Waals surface area contributed by atoms with E-state index in [1.807, 2.05) is 0 Å². The smallest absolute Gasteiger partial charge is 0.123 e. The summed E-state index contributed by atoms with van der Waals surface area (Å²) < 4.78 is 13.1. The van der Waals surface area contributed by atoms with Crippen LogP contribution in [0.4, 0.5) is 4.39 Å². The number of halogens is 2. The molecule has 0 aromatic heterocycles. The van der Waals surface area contributed by atoms with Crippen LogP contribution in [0.15, 0.2) is 18.2 Å². The quantitative estimate of drug-likeness (QED) is 0.774. The van der Waals surface area contributed by atoms with Crippen LogP contribution in [0, 0.1) is 11.7 Å². The molecule has 1 N–H and O–H groups in total. The van der Waals surface area contributed by atoms with Gasteiger partial charge in [0.1, 0.15) is 5.82 Å². The molecule has 0 heterocycles. The maximum absolute atomic E-state index is 13.1. The number of rotatable bonds is 5. The minimum Gasteiger partial charge on any atom is -0.313 e. The molecule has 1 aliphatic carbocycles. The van der Waals surface area contributed by atoms with E-state index in [-0.39, 0.29) is 5.82 Å². The topological polar surface area (TPSA) is 12.0 Å². The van der Waals surface area contributed by atoms with Gasteiger partial charge in [-0.15, -0.1) is 0 Å². The van der Waals surface area contributed by atoms with Crippen molar-refractivity contribution in [3.8, 4) is 0 Å². The predicted molar refractivity (Wildman–Crippen MR) is 74.3 cm³/mol. The predicted octanol–water partition coefficient (Wildman–Crippen LogP) is 4.54. The zero-order chi connectivity index (χ0) is 12.8. The van der Waals surface area contributed by atoms with E-state index in [2.05, 4.69) is 5.32 Å². The summed E-state index contributed by atoms with van der Waals surface area (Å²) in [5, 5.41) is 4.01. The average molecular weight is 270 g/mol. The van der Waals surface area contributed by atoms with E-state index in [1.165, 1.54) is 50.7 Å². The molecule has 0 unspecified atom stereocenters. The molecule has 18 heavy (non-hydrogen) atoms. The van der Waals surface area contributed by atoms with Gasteiger partial charge in [-0.2, -0.15) is 0 Å². The van der Waals surface area contributed by atoms with E-state index >= 15 is 0 Å². The van der Waals surface area contributed by atoms with Crippen molar-refractivity contribution in [1.29, 1.82) is 0 Å². The number of nitrogens with one attached hydrogen (secondary N) is 1. The minimum atomic E-state index is -0.219. The summed E-state index contributed by atoms with van der Waals surface area (Å²) in [5.74, 6) is 0.665. The van der Waals surface area contributed by atoms with Crippen LogP contribution >= 0.6 is 11.6 Å². The SMILES string of the molecule is Fc1ccc(Cl)c(CNCCC2CCCCC2)c1. The van der Waals surface area contributed by atoms with Crippen LogP contribution in [0.2, 0.25) is 5.02 Å². The molecular weight excluding hydrogens is 249 g/mol. The van der Waals surface area contributed by atoms with Gasteiger partial charge in [-0.25, -0.2) is 4.39 Å². The summed E-state index contributed by atoms with van der Waals surface area (Å²) in [6, 6.07) is 4.53. The molecule has 2 rings (SSSR count). The summed E-state index contributed by atoms with van der Waals surface area (Å²) in [6.45, 7) is 1.65. The molecule has 3 heteroatoms. The average Bonchev–Trinajstić information content (AvgIpc) is 2.40. The van der Waals surface area contributed by atoms with Gasteiger partial charge in [-0.1, -0.05) is 43.7 Å². The molecule has 1 aromatic carbocycles. The molecule has 0 saturated heterocycles. The van der Waals surface area contributed by atoms with Gasteiger partial charge in [-0.3, -0.25) is 0 Å². The molecule has 0 radical (unpaired) electrons. The van der Waals surface area contributed by atoms with Gasteiger partial charge in [0.2, 0.25) is 0 Å². The summed E-state index contributed by atoms with van der Waals surface area (Å²) in [5.41, 5.74) is 0.848. The monoisotopic (exact) mass is 269 g/mol. The van der Waals surface area contributed by atoms with E-state index in [9.17, 15) is 4.39 Å². The minimum absolute atomic E-state index is 0.219. The third-order valence-corrected chi connectivity index (χ3v) is 4.15. The molecule has 1 fully saturated rings.